The number of amides is 1. The minimum absolute atomic E-state index is 0.0545. The highest BCUT2D eigenvalue weighted by Crippen LogP contribution is 2.71. The molecule has 6 fully saturated rings. The fraction of sp³-hybridized carbons (Fsp3) is 0.765. The van der Waals surface area contributed by atoms with Gasteiger partial charge in [-0.05, 0) is 55.1 Å². The Labute approximate surface area is 268 Å². The fourth-order valence-electron chi connectivity index (χ4n) is 10.4. The number of hydrogen-bond donors (Lipinski definition) is 2. The van der Waals surface area contributed by atoms with E-state index in [9.17, 15) is 28.2 Å². The van der Waals surface area contributed by atoms with Crippen LogP contribution in [0.3, 0.4) is 0 Å². The normalized spacial score (nSPS) is 36.6. The zero-order valence-electron chi connectivity index (χ0n) is 27.5. The topological polar surface area (TPSA) is 130 Å². The molecule has 250 valence electrons. The van der Waals surface area contributed by atoms with Crippen molar-refractivity contribution in [3.8, 4) is 0 Å². The van der Waals surface area contributed by atoms with Crippen LogP contribution in [0.2, 0.25) is 0 Å². The average molecular weight is 645 g/mol. The predicted octanol–water partition coefficient (Wildman–Crippen LogP) is 1.36. The van der Waals surface area contributed by atoms with Crippen LogP contribution in [0.15, 0.2) is 24.3 Å². The monoisotopic (exact) mass is 644 g/mol. The molecule has 2 aliphatic carbocycles. The first-order valence-electron chi connectivity index (χ1n) is 17.0. The number of carbonyl (C=O) groups excluding carboxylic acids is 2. The second kappa shape index (κ2) is 11.5. The van der Waals surface area contributed by atoms with Crippen molar-refractivity contribution in [3.05, 3.63) is 29.8 Å². The fourth-order valence-corrected chi connectivity index (χ4v) is 12.7. The molecule has 7 rings (SSSR count). The van der Waals surface area contributed by atoms with Crippen LogP contribution in [-0.2, 0) is 19.6 Å². The number of carboxylic acid groups (broad SMARTS) is 1. The third-order valence-corrected chi connectivity index (χ3v) is 15.4. The van der Waals surface area contributed by atoms with Crippen LogP contribution in [0, 0.1) is 41.4 Å². The maximum atomic E-state index is 14.2. The Morgan fingerprint density at radius 2 is 1.78 bits per heavy atom. The number of benzene rings is 1. The van der Waals surface area contributed by atoms with Crippen molar-refractivity contribution < 1.29 is 32.7 Å². The quantitative estimate of drug-likeness (QED) is 0.368. The molecule has 0 aromatic heterocycles. The van der Waals surface area contributed by atoms with Gasteiger partial charge in [0.25, 0.3) is 0 Å². The summed E-state index contributed by atoms with van der Waals surface area (Å²) in [5.41, 5.74) is -0.104. The van der Waals surface area contributed by atoms with Gasteiger partial charge >= 0.3 is 0 Å². The third kappa shape index (κ3) is 5.39. The summed E-state index contributed by atoms with van der Waals surface area (Å²) >= 11 is 0. The standard InChI is InChI=1S/C34H52N4O6S/c1-24-7-5-6-8-29(24)36-13-15-37(16-14-36)45(43,44)23-33-12-9-27(32(33,3)4)19-34(33,42)25(2)20-35-31(41)28-21-38(22-30(39)40)17-10-26(28)11-18-38/h5-8,25-28,42H,9-23H2,1-4H3,(H-,35,39,40,41). The lowest BCUT2D eigenvalue weighted by molar-refractivity contribution is -0.940. The van der Waals surface area contributed by atoms with Crippen molar-refractivity contribution in [2.75, 3.05) is 69.6 Å². The Hall–Kier alpha value is -2.21. The number of para-hydroxylation sites is 1. The van der Waals surface area contributed by atoms with Crippen molar-refractivity contribution in [1.29, 1.82) is 0 Å². The highest BCUT2D eigenvalue weighted by atomic mass is 32.2. The van der Waals surface area contributed by atoms with Gasteiger partial charge in [0.05, 0.1) is 42.9 Å². The van der Waals surface area contributed by atoms with Crippen molar-refractivity contribution in [3.63, 3.8) is 0 Å². The molecule has 5 atom stereocenters. The molecule has 10 nitrogen and oxygen atoms in total. The highest BCUT2D eigenvalue weighted by molar-refractivity contribution is 7.89. The molecule has 1 amide bonds. The van der Waals surface area contributed by atoms with Crippen molar-refractivity contribution in [2.45, 2.75) is 65.4 Å². The van der Waals surface area contributed by atoms with Gasteiger partial charge in [-0.1, -0.05) is 39.0 Å². The van der Waals surface area contributed by atoms with Gasteiger partial charge in [-0.3, -0.25) is 4.79 Å². The zero-order valence-corrected chi connectivity index (χ0v) is 28.3. The van der Waals surface area contributed by atoms with Gasteiger partial charge in [-0.25, -0.2) is 8.42 Å². The largest absolute Gasteiger partial charge is 0.544 e. The third-order valence-electron chi connectivity index (χ3n) is 13.4. The van der Waals surface area contributed by atoms with E-state index in [1.807, 2.05) is 19.1 Å². The minimum Gasteiger partial charge on any atom is -0.544 e. The van der Waals surface area contributed by atoms with E-state index in [4.69, 9.17) is 0 Å². The molecule has 2 N–H and O–H groups in total. The van der Waals surface area contributed by atoms with E-state index in [1.165, 1.54) is 5.56 Å². The number of aliphatic hydroxyl groups is 1. The number of anilines is 1. The van der Waals surface area contributed by atoms with Gasteiger partial charge in [-0.2, -0.15) is 4.31 Å². The number of rotatable bonds is 10. The van der Waals surface area contributed by atoms with Gasteiger partial charge in [-0.15, -0.1) is 0 Å². The number of quaternary nitrogens is 1. The number of sulfonamides is 1. The number of carbonyl (C=O) groups is 2. The van der Waals surface area contributed by atoms with E-state index < -0.39 is 27.0 Å². The number of piperazine rings is 1. The maximum absolute atomic E-state index is 14.2. The van der Waals surface area contributed by atoms with Crippen LogP contribution in [-0.4, -0.2) is 104 Å². The Kier molecular flexibility index (Phi) is 8.35. The lowest BCUT2D eigenvalue weighted by atomic mass is 9.60. The van der Waals surface area contributed by atoms with Gasteiger partial charge in [0.15, 0.2) is 0 Å². The number of carboxylic acids is 1. The van der Waals surface area contributed by atoms with Crippen molar-refractivity contribution in [1.82, 2.24) is 9.62 Å². The van der Waals surface area contributed by atoms with Crippen LogP contribution in [0.25, 0.3) is 0 Å². The number of nitrogens with zero attached hydrogens (tertiary/aromatic N) is 3. The SMILES string of the molecule is Cc1ccccc1N1CCN(S(=O)(=O)CC23CCC(CC2(O)C(C)CNC(=O)C2C[N+]4(CC(=O)[O-])CCC2CC4)C3(C)C)CC1. The molecule has 4 heterocycles. The van der Waals surface area contributed by atoms with Crippen molar-refractivity contribution >= 4 is 27.6 Å². The van der Waals surface area contributed by atoms with Gasteiger partial charge in [0.2, 0.25) is 15.9 Å². The summed E-state index contributed by atoms with van der Waals surface area (Å²) in [6.07, 6.45) is 3.75. The molecule has 6 aliphatic rings. The van der Waals surface area contributed by atoms with Crippen LogP contribution in [0.1, 0.15) is 58.4 Å². The number of piperidine rings is 3. The highest BCUT2D eigenvalue weighted by Gasteiger charge is 2.73. The summed E-state index contributed by atoms with van der Waals surface area (Å²) in [5.74, 6) is -1.37. The van der Waals surface area contributed by atoms with Gasteiger partial charge < -0.3 is 29.7 Å². The molecular weight excluding hydrogens is 592 g/mol. The Morgan fingerprint density at radius 1 is 1.11 bits per heavy atom. The molecule has 5 unspecified atom stereocenters. The number of aryl methyl sites for hydroxylation is 1. The number of hydrogen-bond acceptors (Lipinski definition) is 7. The van der Waals surface area contributed by atoms with E-state index in [2.05, 4.69) is 43.1 Å². The molecule has 4 bridgehead atoms. The molecule has 4 aliphatic heterocycles. The smallest absolute Gasteiger partial charge is 0.229 e. The first-order valence-corrected chi connectivity index (χ1v) is 18.6. The van der Waals surface area contributed by atoms with E-state index in [-0.39, 0.29) is 53.8 Å². The van der Waals surface area contributed by atoms with Crippen LogP contribution in [0.5, 0.6) is 0 Å². The number of nitrogens with one attached hydrogen (secondary N) is 1. The number of fused-ring (bicyclic) bond motifs is 5. The van der Waals surface area contributed by atoms with Crippen molar-refractivity contribution in [2.24, 2.45) is 34.5 Å². The molecule has 2 saturated carbocycles. The summed E-state index contributed by atoms with van der Waals surface area (Å²) in [7, 11) is -3.67. The Morgan fingerprint density at radius 3 is 2.40 bits per heavy atom. The van der Waals surface area contributed by atoms with E-state index in [0.717, 1.165) is 38.0 Å². The summed E-state index contributed by atoms with van der Waals surface area (Å²) in [5, 5.41) is 27.1. The van der Waals surface area contributed by atoms with Gasteiger partial charge in [0, 0.05) is 62.6 Å². The molecule has 4 saturated heterocycles. The molecular formula is C34H52N4O6S. The molecule has 0 radical (unpaired) electrons. The van der Waals surface area contributed by atoms with Gasteiger partial charge in [0.1, 0.15) is 6.54 Å². The minimum atomic E-state index is -3.67. The van der Waals surface area contributed by atoms with Crippen LogP contribution >= 0.6 is 0 Å². The summed E-state index contributed by atoms with van der Waals surface area (Å²) in [6, 6.07) is 8.19. The Balaban J connectivity index is 1.14. The maximum Gasteiger partial charge on any atom is 0.229 e. The first-order chi connectivity index (χ1) is 21.1. The van der Waals surface area contributed by atoms with E-state index in [0.29, 0.717) is 50.0 Å². The van der Waals surface area contributed by atoms with E-state index in [1.54, 1.807) is 4.31 Å². The lowest BCUT2D eigenvalue weighted by Gasteiger charge is -2.52. The lowest BCUT2D eigenvalue weighted by Crippen LogP contribution is -2.66. The second-order valence-electron chi connectivity index (χ2n) is 15.7. The molecule has 11 heteroatoms. The van der Waals surface area contributed by atoms with Crippen LogP contribution < -0.4 is 15.3 Å². The second-order valence-corrected chi connectivity index (χ2v) is 17.7. The van der Waals surface area contributed by atoms with E-state index >= 15 is 0 Å². The molecule has 1 aromatic carbocycles. The summed E-state index contributed by atoms with van der Waals surface area (Å²) < 4.78 is 30.4. The molecule has 1 aromatic rings. The molecule has 45 heavy (non-hydrogen) atoms. The summed E-state index contributed by atoms with van der Waals surface area (Å²) in [6.45, 7) is 12.6. The zero-order chi connectivity index (χ0) is 32.4. The first kappa shape index (κ1) is 32.7. The average Bonchev–Trinajstić information content (AvgIpc) is 3.33. The number of aliphatic carboxylic acids is 1. The predicted molar refractivity (Wildman–Crippen MR) is 170 cm³/mol. The summed E-state index contributed by atoms with van der Waals surface area (Å²) in [4.78, 5) is 27.2. The van der Waals surface area contributed by atoms with Crippen LogP contribution in [0.4, 0.5) is 5.69 Å². The Bertz CT molecular complexity index is 1420. The molecule has 0 spiro atoms.